The van der Waals surface area contributed by atoms with Gasteiger partial charge in [0, 0.05) is 5.69 Å². The van der Waals surface area contributed by atoms with E-state index in [0.29, 0.717) is 27.1 Å². The van der Waals surface area contributed by atoms with Crippen molar-refractivity contribution in [2.75, 3.05) is 17.7 Å². The van der Waals surface area contributed by atoms with Gasteiger partial charge in [0.1, 0.15) is 5.82 Å². The molecule has 0 saturated carbocycles. The molecule has 0 saturated heterocycles. The zero-order valence-corrected chi connectivity index (χ0v) is 12.9. The van der Waals surface area contributed by atoms with Crippen LogP contribution in [0.4, 0.5) is 21.5 Å². The van der Waals surface area contributed by atoms with E-state index < -0.39 is 5.97 Å². The summed E-state index contributed by atoms with van der Waals surface area (Å²) in [5, 5.41) is 3.03. The molecule has 0 atom stereocenters. The number of hydrogen-bond donors (Lipinski definition) is 2. The Morgan fingerprint density at radius 1 is 1.38 bits per heavy atom. The van der Waals surface area contributed by atoms with Crippen LogP contribution in [0.25, 0.3) is 0 Å². The van der Waals surface area contributed by atoms with Gasteiger partial charge in [-0.25, -0.2) is 9.18 Å². The van der Waals surface area contributed by atoms with Gasteiger partial charge in [-0.15, -0.1) is 0 Å². The Kier molecular flexibility index (Phi) is 4.80. The summed E-state index contributed by atoms with van der Waals surface area (Å²) in [6.07, 6.45) is 0. The molecule has 0 bridgehead atoms. The predicted molar refractivity (Wildman–Crippen MR) is 84.2 cm³/mol. The number of nitrogens with one attached hydrogen (secondary N) is 1. The van der Waals surface area contributed by atoms with Crippen LogP contribution in [0.1, 0.15) is 17.3 Å². The molecule has 0 unspecified atom stereocenters. The highest BCUT2D eigenvalue weighted by atomic mass is 79.9. The molecule has 4 nitrogen and oxygen atoms in total. The molecular weight excluding hydrogens is 339 g/mol. The molecule has 0 aliphatic heterocycles. The lowest BCUT2D eigenvalue weighted by molar-refractivity contribution is 0.0527. The van der Waals surface area contributed by atoms with Gasteiger partial charge in [0.15, 0.2) is 0 Å². The Balaban J connectivity index is 2.38. The van der Waals surface area contributed by atoms with Gasteiger partial charge in [-0.1, -0.05) is 6.07 Å². The van der Waals surface area contributed by atoms with E-state index in [0.717, 1.165) is 0 Å². The monoisotopic (exact) mass is 352 g/mol. The van der Waals surface area contributed by atoms with Gasteiger partial charge < -0.3 is 15.8 Å². The normalized spacial score (nSPS) is 10.2. The van der Waals surface area contributed by atoms with E-state index in [1.165, 1.54) is 6.07 Å². The standard InChI is InChI=1S/C15H14BrFN2O2/c1-2-21-15(20)10-4-3-5-13(18)14(10)19-9-6-7-12(17)11(16)8-9/h3-8,19H,2,18H2,1H3. The third-order valence-corrected chi connectivity index (χ3v) is 3.39. The molecule has 0 aliphatic rings. The minimum Gasteiger partial charge on any atom is -0.462 e. The Morgan fingerprint density at radius 3 is 2.81 bits per heavy atom. The van der Waals surface area contributed by atoms with Crippen LogP contribution in [-0.4, -0.2) is 12.6 Å². The average Bonchev–Trinajstić information content (AvgIpc) is 2.45. The minimum atomic E-state index is -0.464. The van der Waals surface area contributed by atoms with Crippen molar-refractivity contribution >= 4 is 39.0 Å². The summed E-state index contributed by atoms with van der Waals surface area (Å²) in [7, 11) is 0. The van der Waals surface area contributed by atoms with Gasteiger partial charge in [0.2, 0.25) is 0 Å². The molecule has 0 heterocycles. The van der Waals surface area contributed by atoms with E-state index in [1.807, 2.05) is 0 Å². The van der Waals surface area contributed by atoms with Gasteiger partial charge >= 0.3 is 5.97 Å². The van der Waals surface area contributed by atoms with Gasteiger partial charge in [0.25, 0.3) is 0 Å². The smallest absolute Gasteiger partial charge is 0.340 e. The molecule has 2 aromatic rings. The number of carbonyl (C=O) groups excluding carboxylic acids is 1. The quantitative estimate of drug-likeness (QED) is 0.642. The van der Waals surface area contributed by atoms with Crippen molar-refractivity contribution in [1.29, 1.82) is 0 Å². The zero-order chi connectivity index (χ0) is 15.4. The summed E-state index contributed by atoms with van der Waals surface area (Å²) in [5.41, 5.74) is 7.69. The summed E-state index contributed by atoms with van der Waals surface area (Å²) in [6.45, 7) is 2.00. The second-order valence-corrected chi connectivity index (χ2v) is 5.10. The number of nitrogens with two attached hydrogens (primary N) is 1. The summed E-state index contributed by atoms with van der Waals surface area (Å²) in [4.78, 5) is 11.9. The molecule has 0 radical (unpaired) electrons. The van der Waals surface area contributed by atoms with Crippen LogP contribution in [0.3, 0.4) is 0 Å². The van der Waals surface area contributed by atoms with Crippen LogP contribution >= 0.6 is 15.9 Å². The first-order chi connectivity index (χ1) is 10.0. The Hall–Kier alpha value is -2.08. The number of ether oxygens (including phenoxy) is 1. The Bertz CT molecular complexity index is 677. The van der Waals surface area contributed by atoms with Crippen molar-refractivity contribution < 1.29 is 13.9 Å². The van der Waals surface area contributed by atoms with Crippen molar-refractivity contribution in [2.24, 2.45) is 0 Å². The maximum atomic E-state index is 13.3. The average molecular weight is 353 g/mol. The molecule has 110 valence electrons. The van der Waals surface area contributed by atoms with E-state index in [1.54, 1.807) is 37.3 Å². The van der Waals surface area contributed by atoms with E-state index in [-0.39, 0.29) is 12.4 Å². The van der Waals surface area contributed by atoms with Gasteiger partial charge in [-0.3, -0.25) is 0 Å². The third-order valence-electron chi connectivity index (χ3n) is 2.78. The first-order valence-electron chi connectivity index (χ1n) is 6.30. The molecule has 0 aromatic heterocycles. The SMILES string of the molecule is CCOC(=O)c1cccc(N)c1Nc1ccc(F)c(Br)c1. The highest BCUT2D eigenvalue weighted by Crippen LogP contribution is 2.29. The number of nitrogen functional groups attached to an aromatic ring is 1. The molecule has 0 fully saturated rings. The highest BCUT2D eigenvalue weighted by molar-refractivity contribution is 9.10. The van der Waals surface area contributed by atoms with Gasteiger partial charge in [-0.05, 0) is 53.2 Å². The Labute approximate surface area is 130 Å². The fourth-order valence-electron chi connectivity index (χ4n) is 1.81. The van der Waals surface area contributed by atoms with Crippen molar-refractivity contribution in [2.45, 2.75) is 6.92 Å². The summed E-state index contributed by atoms with van der Waals surface area (Å²) in [5.74, 6) is -0.833. The van der Waals surface area contributed by atoms with Crippen LogP contribution < -0.4 is 11.1 Å². The highest BCUT2D eigenvalue weighted by Gasteiger charge is 2.15. The lowest BCUT2D eigenvalue weighted by atomic mass is 10.1. The van der Waals surface area contributed by atoms with E-state index >= 15 is 0 Å². The van der Waals surface area contributed by atoms with E-state index in [9.17, 15) is 9.18 Å². The molecular formula is C15H14BrFN2O2. The largest absolute Gasteiger partial charge is 0.462 e. The molecule has 21 heavy (non-hydrogen) atoms. The third kappa shape index (κ3) is 3.52. The molecule has 6 heteroatoms. The van der Waals surface area contributed by atoms with Crippen molar-refractivity contribution in [3.05, 3.63) is 52.3 Å². The number of halogens is 2. The number of rotatable bonds is 4. The Morgan fingerprint density at radius 2 is 2.14 bits per heavy atom. The molecule has 0 aliphatic carbocycles. The maximum Gasteiger partial charge on any atom is 0.340 e. The van der Waals surface area contributed by atoms with E-state index in [4.69, 9.17) is 10.5 Å². The van der Waals surface area contributed by atoms with Crippen molar-refractivity contribution in [3.63, 3.8) is 0 Å². The predicted octanol–water partition coefficient (Wildman–Crippen LogP) is 4.09. The summed E-state index contributed by atoms with van der Waals surface area (Å²) in [6, 6.07) is 9.40. The molecule has 0 amide bonds. The minimum absolute atomic E-state index is 0.273. The summed E-state index contributed by atoms with van der Waals surface area (Å²) < 4.78 is 18.6. The number of hydrogen-bond acceptors (Lipinski definition) is 4. The zero-order valence-electron chi connectivity index (χ0n) is 11.3. The van der Waals surface area contributed by atoms with Crippen LogP contribution in [0.15, 0.2) is 40.9 Å². The fourth-order valence-corrected chi connectivity index (χ4v) is 2.19. The van der Waals surface area contributed by atoms with Crippen LogP contribution in [-0.2, 0) is 4.74 Å². The van der Waals surface area contributed by atoms with Gasteiger partial charge in [-0.2, -0.15) is 0 Å². The number of esters is 1. The van der Waals surface area contributed by atoms with Crippen LogP contribution in [0.5, 0.6) is 0 Å². The first-order valence-corrected chi connectivity index (χ1v) is 7.10. The number of carbonyl (C=O) groups is 1. The topological polar surface area (TPSA) is 64.3 Å². The maximum absolute atomic E-state index is 13.3. The lowest BCUT2D eigenvalue weighted by Gasteiger charge is -2.14. The summed E-state index contributed by atoms with van der Waals surface area (Å²) >= 11 is 3.11. The first kappa shape index (κ1) is 15.3. The van der Waals surface area contributed by atoms with E-state index in [2.05, 4.69) is 21.2 Å². The van der Waals surface area contributed by atoms with Crippen molar-refractivity contribution in [3.8, 4) is 0 Å². The number of anilines is 3. The van der Waals surface area contributed by atoms with Crippen molar-refractivity contribution in [1.82, 2.24) is 0 Å². The second kappa shape index (κ2) is 6.58. The number of benzene rings is 2. The molecule has 0 spiro atoms. The number of para-hydroxylation sites is 1. The fraction of sp³-hybridized carbons (Fsp3) is 0.133. The van der Waals surface area contributed by atoms with Gasteiger partial charge in [0.05, 0.1) is 28.0 Å². The van der Waals surface area contributed by atoms with Crippen LogP contribution in [0, 0.1) is 5.82 Å². The lowest BCUT2D eigenvalue weighted by Crippen LogP contribution is -2.09. The second-order valence-electron chi connectivity index (χ2n) is 4.24. The molecule has 2 aromatic carbocycles. The molecule has 3 N–H and O–H groups in total. The van der Waals surface area contributed by atoms with Crippen LogP contribution in [0.2, 0.25) is 0 Å². The molecule has 2 rings (SSSR count).